The molecule has 1 aliphatic rings. The molecule has 1 fully saturated rings. The molecule has 0 aliphatic heterocycles. The zero-order valence-electron chi connectivity index (χ0n) is 11.7. The van der Waals surface area contributed by atoms with E-state index in [0.29, 0.717) is 6.42 Å². The van der Waals surface area contributed by atoms with Gasteiger partial charge in [0.15, 0.2) is 0 Å². The van der Waals surface area contributed by atoms with Crippen molar-refractivity contribution in [2.24, 2.45) is 5.92 Å². The molecule has 1 saturated carbocycles. The van der Waals surface area contributed by atoms with Crippen molar-refractivity contribution in [3.63, 3.8) is 0 Å². The summed E-state index contributed by atoms with van der Waals surface area (Å²) in [5, 5.41) is 8.78. The van der Waals surface area contributed by atoms with Crippen molar-refractivity contribution in [3.8, 4) is 11.8 Å². The molecule has 0 amide bonds. The van der Waals surface area contributed by atoms with Gasteiger partial charge in [0.25, 0.3) is 0 Å². The predicted molar refractivity (Wildman–Crippen MR) is 78.7 cm³/mol. The number of hydrogen-bond donors (Lipinski definition) is 1. The van der Waals surface area contributed by atoms with E-state index in [9.17, 15) is 0 Å². The molecule has 0 bridgehead atoms. The van der Waals surface area contributed by atoms with Gasteiger partial charge in [-0.25, -0.2) is 0 Å². The fraction of sp³-hybridized carbons (Fsp3) is 0.529. The molecule has 2 heteroatoms. The minimum absolute atomic E-state index is 0.136. The normalized spacial score (nSPS) is 14.9. The van der Waals surface area contributed by atoms with Gasteiger partial charge >= 0.3 is 0 Å². The maximum Gasteiger partial charge on any atom is 0.0540 e. The first kappa shape index (κ1) is 14.1. The average molecular weight is 257 g/mol. The van der Waals surface area contributed by atoms with Crippen LogP contribution in [0.4, 0.5) is 0 Å². The second-order valence-electron chi connectivity index (χ2n) is 5.43. The lowest BCUT2D eigenvalue weighted by molar-refractivity contribution is 0.200. The number of aliphatic hydroxyl groups excluding tert-OH is 1. The van der Waals surface area contributed by atoms with Crippen molar-refractivity contribution in [1.82, 2.24) is 4.90 Å². The largest absolute Gasteiger partial charge is 0.395 e. The van der Waals surface area contributed by atoms with E-state index in [1.165, 1.54) is 31.4 Å². The molecule has 0 saturated heterocycles. The molecule has 0 unspecified atom stereocenters. The van der Waals surface area contributed by atoms with Crippen LogP contribution in [0, 0.1) is 17.8 Å². The lowest BCUT2D eigenvalue weighted by Crippen LogP contribution is -2.29. The average Bonchev–Trinajstić information content (AvgIpc) is 2.36. The number of nitrogens with zero attached hydrogens (tertiary/aromatic N) is 1. The van der Waals surface area contributed by atoms with Crippen molar-refractivity contribution >= 4 is 0 Å². The maximum atomic E-state index is 8.78. The monoisotopic (exact) mass is 257 g/mol. The molecule has 0 radical (unpaired) electrons. The minimum atomic E-state index is 0.136. The first-order chi connectivity index (χ1) is 9.29. The molecule has 102 valence electrons. The van der Waals surface area contributed by atoms with Gasteiger partial charge in [-0.2, -0.15) is 0 Å². The van der Waals surface area contributed by atoms with Crippen LogP contribution < -0.4 is 0 Å². The zero-order valence-corrected chi connectivity index (χ0v) is 11.7. The Balaban J connectivity index is 1.96. The van der Waals surface area contributed by atoms with Gasteiger partial charge in [0.2, 0.25) is 0 Å². The van der Waals surface area contributed by atoms with Gasteiger partial charge in [0.05, 0.1) is 6.61 Å². The number of hydrogen-bond acceptors (Lipinski definition) is 2. The summed E-state index contributed by atoms with van der Waals surface area (Å²) < 4.78 is 0. The van der Waals surface area contributed by atoms with E-state index >= 15 is 0 Å². The highest BCUT2D eigenvalue weighted by Gasteiger charge is 2.19. The van der Waals surface area contributed by atoms with Gasteiger partial charge in [0.1, 0.15) is 0 Å². The van der Waals surface area contributed by atoms with Crippen LogP contribution in [-0.4, -0.2) is 30.2 Å². The highest BCUT2D eigenvalue weighted by atomic mass is 16.2. The topological polar surface area (TPSA) is 23.5 Å². The van der Waals surface area contributed by atoms with Gasteiger partial charge in [-0.1, -0.05) is 36.5 Å². The van der Waals surface area contributed by atoms with Gasteiger partial charge in [-0.15, -0.1) is 0 Å². The Morgan fingerprint density at radius 3 is 2.79 bits per heavy atom. The molecule has 2 rings (SSSR count). The summed E-state index contributed by atoms with van der Waals surface area (Å²) in [4.78, 5) is 2.40. The Morgan fingerprint density at radius 2 is 2.11 bits per heavy atom. The van der Waals surface area contributed by atoms with E-state index in [1.54, 1.807) is 0 Å². The lowest BCUT2D eigenvalue weighted by atomic mass is 9.85. The van der Waals surface area contributed by atoms with Crippen LogP contribution in [0.2, 0.25) is 0 Å². The molecule has 1 aliphatic carbocycles. The molecule has 1 N–H and O–H groups in total. The SMILES string of the molecule is CN(Cc1ccccc1C#CCCO)CC1CCC1. The summed E-state index contributed by atoms with van der Waals surface area (Å²) in [6.45, 7) is 2.29. The highest BCUT2D eigenvalue weighted by molar-refractivity contribution is 5.41. The van der Waals surface area contributed by atoms with Crippen molar-refractivity contribution < 1.29 is 5.11 Å². The minimum Gasteiger partial charge on any atom is -0.395 e. The van der Waals surface area contributed by atoms with E-state index in [-0.39, 0.29) is 6.61 Å². The fourth-order valence-corrected chi connectivity index (χ4v) is 2.47. The molecule has 2 nitrogen and oxygen atoms in total. The Bertz CT molecular complexity index is 454. The quantitative estimate of drug-likeness (QED) is 0.820. The van der Waals surface area contributed by atoms with Crippen LogP contribution in [0.25, 0.3) is 0 Å². The fourth-order valence-electron chi connectivity index (χ4n) is 2.47. The van der Waals surface area contributed by atoms with E-state index in [2.05, 4.69) is 42.0 Å². The molecule has 19 heavy (non-hydrogen) atoms. The lowest BCUT2D eigenvalue weighted by Gasteiger charge is -2.30. The van der Waals surface area contributed by atoms with Crippen molar-refractivity contribution in [2.45, 2.75) is 32.2 Å². The molecular formula is C17H23NO. The van der Waals surface area contributed by atoms with E-state index in [4.69, 9.17) is 5.11 Å². The van der Waals surface area contributed by atoms with Crippen LogP contribution in [0.3, 0.4) is 0 Å². The summed E-state index contributed by atoms with van der Waals surface area (Å²) >= 11 is 0. The number of rotatable bonds is 5. The summed E-state index contributed by atoms with van der Waals surface area (Å²) in [5.74, 6) is 7.07. The summed E-state index contributed by atoms with van der Waals surface area (Å²) in [6, 6.07) is 8.32. The molecule has 0 heterocycles. The second kappa shape index (κ2) is 7.33. The Kier molecular flexibility index (Phi) is 5.44. The second-order valence-corrected chi connectivity index (χ2v) is 5.43. The molecular weight excluding hydrogens is 234 g/mol. The number of benzene rings is 1. The maximum absolute atomic E-state index is 8.78. The van der Waals surface area contributed by atoms with E-state index < -0.39 is 0 Å². The predicted octanol–water partition coefficient (Wildman–Crippen LogP) is 2.65. The van der Waals surface area contributed by atoms with Crippen molar-refractivity contribution in [1.29, 1.82) is 0 Å². The first-order valence-corrected chi connectivity index (χ1v) is 7.16. The standard InChI is InChI=1S/C17H23NO/c1-18(13-15-7-6-8-15)14-17-11-3-2-9-16(17)10-4-5-12-19/h2-3,9,11,15,19H,5-8,12-14H2,1H3. The third-order valence-electron chi connectivity index (χ3n) is 3.71. The molecule has 1 aromatic rings. The summed E-state index contributed by atoms with van der Waals surface area (Å²) in [6.07, 6.45) is 4.73. The third-order valence-corrected chi connectivity index (χ3v) is 3.71. The molecule has 0 aromatic heterocycles. The smallest absolute Gasteiger partial charge is 0.0540 e. The summed E-state index contributed by atoms with van der Waals surface area (Å²) in [7, 11) is 2.19. The Labute approximate surface area is 116 Å². The first-order valence-electron chi connectivity index (χ1n) is 7.16. The zero-order chi connectivity index (χ0) is 13.5. The van der Waals surface area contributed by atoms with Crippen LogP contribution in [0.1, 0.15) is 36.8 Å². The summed E-state index contributed by atoms with van der Waals surface area (Å²) in [5.41, 5.74) is 2.38. The van der Waals surface area contributed by atoms with E-state index in [1.807, 2.05) is 6.07 Å². The Hall–Kier alpha value is -1.30. The van der Waals surface area contributed by atoms with Crippen LogP contribution >= 0.6 is 0 Å². The molecule has 0 spiro atoms. The highest BCUT2D eigenvalue weighted by Crippen LogP contribution is 2.27. The van der Waals surface area contributed by atoms with E-state index in [0.717, 1.165) is 18.0 Å². The van der Waals surface area contributed by atoms with Crippen LogP contribution in [0.15, 0.2) is 24.3 Å². The van der Waals surface area contributed by atoms with Gasteiger partial charge in [-0.3, -0.25) is 0 Å². The van der Waals surface area contributed by atoms with Gasteiger partial charge < -0.3 is 10.0 Å². The molecule has 1 aromatic carbocycles. The van der Waals surface area contributed by atoms with Crippen molar-refractivity contribution in [3.05, 3.63) is 35.4 Å². The third kappa shape index (κ3) is 4.38. The van der Waals surface area contributed by atoms with Crippen LogP contribution in [-0.2, 0) is 6.54 Å². The van der Waals surface area contributed by atoms with Crippen LogP contribution in [0.5, 0.6) is 0 Å². The van der Waals surface area contributed by atoms with Gasteiger partial charge in [0, 0.05) is 25.1 Å². The molecule has 0 atom stereocenters. The van der Waals surface area contributed by atoms with Crippen molar-refractivity contribution in [2.75, 3.05) is 20.2 Å². The Morgan fingerprint density at radius 1 is 1.32 bits per heavy atom. The van der Waals surface area contributed by atoms with Gasteiger partial charge in [-0.05, 0) is 37.4 Å². The number of aliphatic hydroxyl groups is 1.